The molecule has 0 fully saturated rings. The van der Waals surface area contributed by atoms with Crippen LogP contribution in [0.15, 0.2) is 60.7 Å². The Kier molecular flexibility index (Phi) is 19.7. The van der Waals surface area contributed by atoms with Gasteiger partial charge in [-0.3, -0.25) is 0 Å². The summed E-state index contributed by atoms with van der Waals surface area (Å²) < 4.78 is 28.2. The molecule has 0 heterocycles. The van der Waals surface area contributed by atoms with Gasteiger partial charge >= 0.3 is 33.9 Å². The van der Waals surface area contributed by atoms with Crippen LogP contribution in [0, 0.1) is 20.0 Å². The third-order valence-corrected chi connectivity index (χ3v) is 3.22. The van der Waals surface area contributed by atoms with E-state index < -0.39 is 0 Å². The Morgan fingerprint density at radius 2 is 1.17 bits per heavy atom. The monoisotopic (exact) mass is 362 g/mol. The number of hydrogen-bond acceptors (Lipinski definition) is 1. The molecule has 0 aliphatic carbocycles. The largest absolute Gasteiger partial charge is 0 e. The van der Waals surface area contributed by atoms with E-state index in [1.807, 2.05) is 12.1 Å². The van der Waals surface area contributed by atoms with E-state index in [2.05, 4.69) is 75.4 Å². The van der Waals surface area contributed by atoms with Crippen LogP contribution in [0.3, 0.4) is 0 Å². The topological polar surface area (TPSA) is 68.9 Å². The first-order chi connectivity index (χ1) is 11.2. The molecule has 0 radical (unpaired) electrons. The molecule has 24 heavy (non-hydrogen) atoms. The van der Waals surface area contributed by atoms with Gasteiger partial charge in [-0.2, -0.15) is 0 Å². The minimum absolute atomic E-state index is 0. The second-order valence-corrected chi connectivity index (χ2v) is 4.46. The molecule has 0 spiro atoms. The number of benzene rings is 2. The summed E-state index contributed by atoms with van der Waals surface area (Å²) in [6.45, 7) is 15.6. The van der Waals surface area contributed by atoms with Crippen LogP contribution in [-0.4, -0.2) is 7.11 Å². The van der Waals surface area contributed by atoms with Crippen molar-refractivity contribution in [2.45, 2.75) is 18.9 Å². The van der Waals surface area contributed by atoms with Crippen molar-refractivity contribution in [3.63, 3.8) is 0 Å². The quantitative estimate of drug-likeness (QED) is 0.604. The van der Waals surface area contributed by atoms with Gasteiger partial charge in [0.25, 0.3) is 0 Å². The van der Waals surface area contributed by atoms with Gasteiger partial charge in [0.1, 0.15) is 0 Å². The maximum atomic E-state index is 7.50. The zero-order chi connectivity index (χ0) is 18.1. The molecular weight excluding hydrogens is 344 g/mol. The standard InChI is InChI=1S/C16H18O.3CO.Cr/c1-16(17-2,15-11-7-4-8-12-15)13-14-9-5-3-6-10-14;3*1-2;/h3-12H,13H2,1-2H3;;;;/t16-;;;;/m0..../s1. The molecule has 2 aromatic carbocycles. The average molecular weight is 362 g/mol. The zero-order valence-corrected chi connectivity index (χ0v) is 14.8. The summed E-state index contributed by atoms with van der Waals surface area (Å²) in [5.74, 6) is 0. The van der Waals surface area contributed by atoms with Gasteiger partial charge < -0.3 is 4.74 Å². The van der Waals surface area contributed by atoms with E-state index >= 15 is 0 Å². The average Bonchev–Trinajstić information content (AvgIpc) is 2.68. The molecule has 0 unspecified atom stereocenters. The predicted octanol–water partition coefficient (Wildman–Crippen LogP) is 3.68. The van der Waals surface area contributed by atoms with Crippen LogP contribution in [-0.2, 0) is 48.1 Å². The van der Waals surface area contributed by atoms with Gasteiger partial charge in [0, 0.05) is 30.9 Å². The maximum Gasteiger partial charge on any atom is 0 e. The number of ether oxygens (including phenoxy) is 1. The molecule has 0 amide bonds. The fourth-order valence-electron chi connectivity index (χ4n) is 2.07. The summed E-state index contributed by atoms with van der Waals surface area (Å²) in [5, 5.41) is 0. The molecule has 2 rings (SSSR count). The third kappa shape index (κ3) is 9.33. The van der Waals surface area contributed by atoms with Crippen LogP contribution < -0.4 is 0 Å². The second-order valence-electron chi connectivity index (χ2n) is 4.46. The Morgan fingerprint density at radius 1 is 0.792 bits per heavy atom. The summed E-state index contributed by atoms with van der Waals surface area (Å²) in [6, 6.07) is 20.8. The Hall–Kier alpha value is -1.85. The fraction of sp³-hybridized carbons (Fsp3) is 0.211. The van der Waals surface area contributed by atoms with E-state index in [4.69, 9.17) is 18.7 Å². The van der Waals surface area contributed by atoms with Crippen molar-refractivity contribution in [3.05, 3.63) is 91.7 Å². The van der Waals surface area contributed by atoms with Crippen LogP contribution in [0.4, 0.5) is 0 Å². The summed E-state index contributed by atoms with van der Waals surface area (Å²) in [7, 11) is 1.77. The second kappa shape index (κ2) is 17.5. The van der Waals surface area contributed by atoms with Gasteiger partial charge in [-0.1, -0.05) is 60.7 Å². The van der Waals surface area contributed by atoms with Gasteiger partial charge in [0.05, 0.1) is 5.60 Å². The molecule has 0 aromatic heterocycles. The molecule has 0 aliphatic rings. The Labute approximate surface area is 154 Å². The van der Waals surface area contributed by atoms with Gasteiger partial charge in [-0.05, 0) is 18.1 Å². The van der Waals surface area contributed by atoms with E-state index in [1.165, 1.54) is 11.1 Å². The molecular formula is C19H18CrO4. The first-order valence-corrected chi connectivity index (χ1v) is 6.50. The smallest absolute Gasteiger partial charge is 0 e. The van der Waals surface area contributed by atoms with Crippen LogP contribution in [0.5, 0.6) is 0 Å². The van der Waals surface area contributed by atoms with Crippen LogP contribution in [0.1, 0.15) is 18.1 Å². The van der Waals surface area contributed by atoms with Crippen LogP contribution in [0.25, 0.3) is 0 Å². The summed E-state index contributed by atoms with van der Waals surface area (Å²) >= 11 is 0. The Morgan fingerprint density at radius 3 is 1.54 bits per heavy atom. The summed E-state index contributed by atoms with van der Waals surface area (Å²) in [6.07, 6.45) is 0.883. The van der Waals surface area contributed by atoms with Gasteiger partial charge in [0.15, 0.2) is 0 Å². The number of hydrogen-bond donors (Lipinski definition) is 0. The summed E-state index contributed by atoms with van der Waals surface area (Å²) in [5.41, 5.74) is 2.25. The Balaban J connectivity index is -0.000000569. The molecule has 0 bridgehead atoms. The van der Waals surface area contributed by atoms with Gasteiger partial charge in [0.2, 0.25) is 0 Å². The molecule has 0 N–H and O–H groups in total. The minimum Gasteiger partial charge on any atom is 0 e. The number of methoxy groups -OCH3 is 1. The van der Waals surface area contributed by atoms with Gasteiger partial charge in [-0.25, -0.2) is 0 Å². The SMILES string of the molecule is CO[C@@](C)(Cc1ccccc1)c1ccccc1.[C-]#[O+].[C-]#[O+].[C-]#[O+].[Cr]. The first-order valence-electron chi connectivity index (χ1n) is 6.50. The predicted molar refractivity (Wildman–Crippen MR) is 82.7 cm³/mol. The van der Waals surface area contributed by atoms with Crippen LogP contribution >= 0.6 is 0 Å². The normalized spacial score (nSPS) is 10.3. The van der Waals surface area contributed by atoms with E-state index in [9.17, 15) is 0 Å². The zero-order valence-electron chi connectivity index (χ0n) is 13.5. The molecule has 124 valence electrons. The van der Waals surface area contributed by atoms with Crippen molar-refractivity contribution in [2.75, 3.05) is 7.11 Å². The van der Waals surface area contributed by atoms with E-state index in [-0.39, 0.29) is 23.0 Å². The van der Waals surface area contributed by atoms with Crippen molar-refractivity contribution in [1.82, 2.24) is 0 Å². The van der Waals surface area contributed by atoms with Gasteiger partial charge in [-0.15, -0.1) is 0 Å². The van der Waals surface area contributed by atoms with Crippen molar-refractivity contribution in [1.29, 1.82) is 0 Å². The summed E-state index contributed by atoms with van der Waals surface area (Å²) in [4.78, 5) is 0. The maximum absolute atomic E-state index is 7.50. The number of rotatable bonds is 4. The Bertz CT molecular complexity index is 564. The fourth-order valence-corrected chi connectivity index (χ4v) is 2.07. The molecule has 2 aromatic rings. The third-order valence-electron chi connectivity index (χ3n) is 3.22. The van der Waals surface area contributed by atoms with Crippen molar-refractivity contribution in [2.24, 2.45) is 0 Å². The molecule has 0 aliphatic heterocycles. The van der Waals surface area contributed by atoms with E-state index in [0.29, 0.717) is 0 Å². The molecule has 4 nitrogen and oxygen atoms in total. The van der Waals surface area contributed by atoms with Crippen LogP contribution in [0.2, 0.25) is 0 Å². The molecule has 0 saturated carbocycles. The molecule has 0 saturated heterocycles. The van der Waals surface area contributed by atoms with E-state index in [0.717, 1.165) is 6.42 Å². The first kappa shape index (κ1) is 27.0. The van der Waals surface area contributed by atoms with E-state index in [1.54, 1.807) is 7.11 Å². The van der Waals surface area contributed by atoms with Crippen molar-refractivity contribution >= 4 is 0 Å². The molecule has 1 atom stereocenters. The molecule has 5 heteroatoms. The van der Waals surface area contributed by atoms with Crippen molar-refractivity contribution in [3.8, 4) is 0 Å². The minimum atomic E-state index is -0.261. The van der Waals surface area contributed by atoms with Crippen molar-refractivity contribution < 1.29 is 36.1 Å².